The maximum Gasteiger partial charge on any atom is 0.341 e. The lowest BCUT2D eigenvalue weighted by molar-refractivity contribution is 0.0599. The lowest BCUT2D eigenvalue weighted by atomic mass is 10.2. The molecule has 0 saturated heterocycles. The summed E-state index contributed by atoms with van der Waals surface area (Å²) in [6, 6.07) is 3.45. The average molecular weight is 264 g/mol. The van der Waals surface area contributed by atoms with Crippen molar-refractivity contribution in [2.45, 2.75) is 17.8 Å². The highest BCUT2D eigenvalue weighted by molar-refractivity contribution is 7.98. The quantitative estimate of drug-likeness (QED) is 0.480. The summed E-state index contributed by atoms with van der Waals surface area (Å²) in [5.41, 5.74) is 0.460. The molecule has 2 rings (SSSR count). The molecule has 0 N–H and O–H groups in total. The van der Waals surface area contributed by atoms with Crippen LogP contribution in [0.5, 0.6) is 0 Å². The van der Waals surface area contributed by atoms with Crippen molar-refractivity contribution in [1.29, 1.82) is 0 Å². The van der Waals surface area contributed by atoms with E-state index >= 15 is 0 Å². The molecule has 0 aliphatic rings. The third-order valence-electron chi connectivity index (χ3n) is 2.26. The van der Waals surface area contributed by atoms with Gasteiger partial charge in [0.1, 0.15) is 17.1 Å². The number of furan rings is 1. The minimum Gasteiger partial charge on any atom is -0.465 e. The zero-order chi connectivity index (χ0) is 13.0. The van der Waals surface area contributed by atoms with Crippen LogP contribution in [0.15, 0.2) is 34.1 Å². The molecular weight excluding hydrogens is 252 g/mol. The maximum atomic E-state index is 11.4. The Morgan fingerprint density at radius 3 is 2.83 bits per heavy atom. The lowest BCUT2D eigenvalue weighted by Gasteiger charge is -1.95. The van der Waals surface area contributed by atoms with E-state index in [0.717, 1.165) is 0 Å². The molecule has 2 heterocycles. The number of thioether (sulfide) groups is 1. The van der Waals surface area contributed by atoms with E-state index < -0.39 is 0 Å². The SMILES string of the molecule is COC(=O)c1cc(CSc2ncccn2)oc1C. The fourth-order valence-corrected chi connectivity index (χ4v) is 2.11. The number of hydrogen-bond acceptors (Lipinski definition) is 6. The summed E-state index contributed by atoms with van der Waals surface area (Å²) < 4.78 is 10.1. The Labute approximate surface area is 109 Å². The van der Waals surface area contributed by atoms with E-state index in [9.17, 15) is 4.79 Å². The third kappa shape index (κ3) is 2.89. The van der Waals surface area contributed by atoms with E-state index in [1.165, 1.54) is 18.9 Å². The van der Waals surface area contributed by atoms with Gasteiger partial charge in [0, 0.05) is 12.4 Å². The first-order chi connectivity index (χ1) is 8.70. The fourth-order valence-electron chi connectivity index (χ4n) is 1.42. The van der Waals surface area contributed by atoms with Gasteiger partial charge in [0.05, 0.1) is 12.9 Å². The summed E-state index contributed by atoms with van der Waals surface area (Å²) in [5, 5.41) is 0.672. The molecular formula is C12H12N2O3S. The number of methoxy groups -OCH3 is 1. The molecule has 2 aromatic heterocycles. The molecule has 18 heavy (non-hydrogen) atoms. The molecule has 0 unspecified atom stereocenters. The largest absolute Gasteiger partial charge is 0.465 e. The Balaban J connectivity index is 2.05. The number of aromatic nitrogens is 2. The highest BCUT2D eigenvalue weighted by Crippen LogP contribution is 2.23. The molecule has 0 atom stereocenters. The van der Waals surface area contributed by atoms with Gasteiger partial charge < -0.3 is 9.15 Å². The standard InChI is InChI=1S/C12H12N2O3S/c1-8-10(11(15)16-2)6-9(17-8)7-18-12-13-4-3-5-14-12/h3-6H,7H2,1-2H3. The highest BCUT2D eigenvalue weighted by atomic mass is 32.2. The van der Waals surface area contributed by atoms with Gasteiger partial charge >= 0.3 is 5.97 Å². The van der Waals surface area contributed by atoms with Crippen LogP contribution in [0, 0.1) is 6.92 Å². The molecule has 5 nitrogen and oxygen atoms in total. The van der Waals surface area contributed by atoms with Crippen molar-refractivity contribution in [3.63, 3.8) is 0 Å². The number of hydrogen-bond donors (Lipinski definition) is 0. The first-order valence-electron chi connectivity index (χ1n) is 5.28. The second-order valence-corrected chi connectivity index (χ2v) is 4.44. The van der Waals surface area contributed by atoms with Crippen molar-refractivity contribution < 1.29 is 13.9 Å². The van der Waals surface area contributed by atoms with Gasteiger partial charge in [-0.15, -0.1) is 0 Å². The normalized spacial score (nSPS) is 10.3. The van der Waals surface area contributed by atoms with Crippen LogP contribution in [-0.4, -0.2) is 23.0 Å². The van der Waals surface area contributed by atoms with Gasteiger partial charge in [-0.25, -0.2) is 14.8 Å². The van der Waals surface area contributed by atoms with Gasteiger partial charge in [-0.05, 0) is 19.1 Å². The number of esters is 1. The van der Waals surface area contributed by atoms with E-state index in [0.29, 0.717) is 28.0 Å². The molecule has 2 aromatic rings. The Hall–Kier alpha value is -1.82. The van der Waals surface area contributed by atoms with Crippen molar-refractivity contribution in [1.82, 2.24) is 9.97 Å². The van der Waals surface area contributed by atoms with E-state index in [-0.39, 0.29) is 5.97 Å². The van der Waals surface area contributed by atoms with E-state index in [4.69, 9.17) is 4.42 Å². The number of ether oxygens (including phenoxy) is 1. The van der Waals surface area contributed by atoms with Crippen LogP contribution in [0.2, 0.25) is 0 Å². The number of carbonyl (C=O) groups is 1. The molecule has 94 valence electrons. The second-order valence-electron chi connectivity index (χ2n) is 3.49. The smallest absolute Gasteiger partial charge is 0.341 e. The van der Waals surface area contributed by atoms with Crippen molar-refractivity contribution in [3.8, 4) is 0 Å². The zero-order valence-electron chi connectivity index (χ0n) is 10.0. The van der Waals surface area contributed by atoms with Gasteiger partial charge in [-0.2, -0.15) is 0 Å². The van der Waals surface area contributed by atoms with Gasteiger partial charge in [-0.3, -0.25) is 0 Å². The van der Waals surface area contributed by atoms with E-state index in [1.54, 1.807) is 31.5 Å². The molecule has 6 heteroatoms. The second kappa shape index (κ2) is 5.68. The third-order valence-corrected chi connectivity index (χ3v) is 3.16. The molecule has 0 radical (unpaired) electrons. The summed E-state index contributed by atoms with van der Waals surface area (Å²) in [6.07, 6.45) is 3.37. The zero-order valence-corrected chi connectivity index (χ0v) is 10.9. The maximum absolute atomic E-state index is 11.4. The first kappa shape index (κ1) is 12.6. The Morgan fingerprint density at radius 2 is 2.17 bits per heavy atom. The van der Waals surface area contributed by atoms with Crippen molar-refractivity contribution in [2.24, 2.45) is 0 Å². The van der Waals surface area contributed by atoms with Crippen LogP contribution in [0.4, 0.5) is 0 Å². The molecule has 0 amide bonds. The highest BCUT2D eigenvalue weighted by Gasteiger charge is 2.15. The molecule has 0 spiro atoms. The summed E-state index contributed by atoms with van der Waals surface area (Å²) >= 11 is 1.45. The first-order valence-corrected chi connectivity index (χ1v) is 6.26. The predicted molar refractivity (Wildman–Crippen MR) is 66.4 cm³/mol. The molecule has 0 aliphatic carbocycles. The summed E-state index contributed by atoms with van der Waals surface area (Å²) in [6.45, 7) is 1.74. The van der Waals surface area contributed by atoms with Gasteiger partial charge in [0.2, 0.25) is 0 Å². The summed E-state index contributed by atoms with van der Waals surface area (Å²) in [7, 11) is 1.35. The predicted octanol–water partition coefficient (Wildman–Crippen LogP) is 2.46. The minimum atomic E-state index is -0.386. The van der Waals surface area contributed by atoms with Crippen LogP contribution < -0.4 is 0 Å². The van der Waals surface area contributed by atoms with Gasteiger partial charge in [0.25, 0.3) is 0 Å². The van der Waals surface area contributed by atoms with Crippen molar-refractivity contribution in [2.75, 3.05) is 7.11 Å². The van der Waals surface area contributed by atoms with Crippen molar-refractivity contribution in [3.05, 3.63) is 41.6 Å². The summed E-state index contributed by atoms with van der Waals surface area (Å²) in [5.74, 6) is 1.45. The van der Waals surface area contributed by atoms with Crippen LogP contribution in [0.1, 0.15) is 21.9 Å². The fraction of sp³-hybridized carbons (Fsp3) is 0.250. The number of carbonyl (C=O) groups excluding carboxylic acids is 1. The van der Waals surface area contributed by atoms with E-state index in [1.807, 2.05) is 0 Å². The molecule has 0 aliphatic heterocycles. The average Bonchev–Trinajstić information content (AvgIpc) is 2.78. The molecule has 0 fully saturated rings. The van der Waals surface area contributed by atoms with Gasteiger partial charge in [0.15, 0.2) is 5.16 Å². The topological polar surface area (TPSA) is 65.2 Å². The molecule has 0 aromatic carbocycles. The Morgan fingerprint density at radius 1 is 1.44 bits per heavy atom. The number of rotatable bonds is 4. The lowest BCUT2D eigenvalue weighted by Crippen LogP contribution is -2.00. The molecule has 0 saturated carbocycles. The van der Waals surface area contributed by atoms with E-state index in [2.05, 4.69) is 14.7 Å². The molecule has 0 bridgehead atoms. The minimum absolute atomic E-state index is 0.386. The number of aryl methyl sites for hydroxylation is 1. The Kier molecular flexibility index (Phi) is 3.99. The van der Waals surface area contributed by atoms with Crippen LogP contribution in [-0.2, 0) is 10.5 Å². The van der Waals surface area contributed by atoms with Crippen LogP contribution in [0.25, 0.3) is 0 Å². The van der Waals surface area contributed by atoms with Gasteiger partial charge in [-0.1, -0.05) is 11.8 Å². The monoisotopic (exact) mass is 264 g/mol. The Bertz CT molecular complexity index is 540. The van der Waals surface area contributed by atoms with Crippen LogP contribution in [0.3, 0.4) is 0 Å². The number of nitrogens with zero attached hydrogens (tertiary/aromatic N) is 2. The van der Waals surface area contributed by atoms with Crippen LogP contribution >= 0.6 is 11.8 Å². The summed E-state index contributed by atoms with van der Waals surface area (Å²) in [4.78, 5) is 19.6. The van der Waals surface area contributed by atoms with Crippen molar-refractivity contribution >= 4 is 17.7 Å².